The molecule has 0 fully saturated rings. The Morgan fingerprint density at radius 2 is 1.48 bits per heavy atom. The Kier molecular flexibility index (Phi) is 11.4. The Labute approximate surface area is 157 Å². The van der Waals surface area contributed by atoms with Crippen LogP contribution >= 0.6 is 0 Å². The Bertz CT molecular complexity index is 389. The highest BCUT2D eigenvalue weighted by Gasteiger charge is 2.43. The average molecular weight is 411 g/mol. The van der Waals surface area contributed by atoms with Gasteiger partial charge < -0.3 is 26.6 Å². The molecule has 0 unspecified atom stereocenters. The van der Waals surface area contributed by atoms with Gasteiger partial charge in [-0.3, -0.25) is 0 Å². The molecule has 0 aliphatic carbocycles. The molecule has 0 bridgehead atoms. The van der Waals surface area contributed by atoms with E-state index in [1.165, 1.54) is 0 Å². The summed E-state index contributed by atoms with van der Waals surface area (Å²) in [5, 5.41) is 0. The van der Waals surface area contributed by atoms with E-state index in [-0.39, 0.29) is 0 Å². The molecule has 0 saturated carbocycles. The summed E-state index contributed by atoms with van der Waals surface area (Å²) >= 11 is 0. The summed E-state index contributed by atoms with van der Waals surface area (Å²) in [6.45, 7) is 13.2. The number of ether oxygens (including phenoxy) is 1. The SMILES string of the molecule is CC=C(OCCCC)O[Si](C)(C)O[Si](C)(C)CC[Si](OC)(OC)OC. The highest BCUT2D eigenvalue weighted by Crippen LogP contribution is 2.27. The summed E-state index contributed by atoms with van der Waals surface area (Å²) in [6, 6.07) is 1.63. The molecule has 0 N–H and O–H groups in total. The van der Waals surface area contributed by atoms with Crippen LogP contribution in [0, 0.1) is 0 Å². The molecule has 0 aliphatic heterocycles. The lowest BCUT2D eigenvalue weighted by Crippen LogP contribution is -2.49. The average Bonchev–Trinajstić information content (AvgIpc) is 2.54. The number of hydrogen-bond donors (Lipinski definition) is 0. The summed E-state index contributed by atoms with van der Waals surface area (Å²) in [5.41, 5.74) is 0. The molecule has 0 aromatic rings. The molecule has 0 radical (unpaired) electrons. The van der Waals surface area contributed by atoms with Gasteiger partial charge >= 0.3 is 17.4 Å². The predicted molar refractivity (Wildman–Crippen MR) is 108 cm³/mol. The fraction of sp³-hybridized carbons (Fsp3) is 0.875. The largest absolute Gasteiger partial charge is 0.499 e. The van der Waals surface area contributed by atoms with Crippen LogP contribution in [0.15, 0.2) is 12.0 Å². The van der Waals surface area contributed by atoms with Gasteiger partial charge in [0.25, 0.3) is 5.95 Å². The first-order valence-corrected chi connectivity index (χ1v) is 16.8. The molecule has 0 rings (SSSR count). The van der Waals surface area contributed by atoms with Crippen molar-refractivity contribution in [3.63, 3.8) is 0 Å². The van der Waals surface area contributed by atoms with E-state index in [4.69, 9.17) is 26.6 Å². The van der Waals surface area contributed by atoms with Crippen LogP contribution in [0.2, 0.25) is 38.3 Å². The second kappa shape index (κ2) is 11.5. The fourth-order valence-corrected chi connectivity index (χ4v) is 13.8. The molecule has 9 heteroatoms. The summed E-state index contributed by atoms with van der Waals surface area (Å²) in [4.78, 5) is 0. The van der Waals surface area contributed by atoms with E-state index in [2.05, 4.69) is 33.1 Å². The Balaban J connectivity index is 4.72. The lowest BCUT2D eigenvalue weighted by molar-refractivity contribution is 0.0870. The zero-order valence-corrected chi connectivity index (χ0v) is 20.6. The molecule has 0 spiro atoms. The van der Waals surface area contributed by atoms with Crippen molar-refractivity contribution in [1.82, 2.24) is 0 Å². The fourth-order valence-electron chi connectivity index (χ4n) is 2.48. The van der Waals surface area contributed by atoms with Crippen LogP contribution < -0.4 is 0 Å². The van der Waals surface area contributed by atoms with E-state index in [9.17, 15) is 0 Å². The van der Waals surface area contributed by atoms with Gasteiger partial charge in [-0.05, 0) is 51.7 Å². The summed E-state index contributed by atoms with van der Waals surface area (Å²) in [6.07, 6.45) is 3.97. The second-order valence-corrected chi connectivity index (χ2v) is 17.9. The third-order valence-electron chi connectivity index (χ3n) is 3.81. The Hall–Kier alpha value is -0.169. The van der Waals surface area contributed by atoms with Crippen LogP contribution in [0.25, 0.3) is 0 Å². The molecular weight excluding hydrogens is 372 g/mol. The zero-order valence-electron chi connectivity index (χ0n) is 17.6. The van der Waals surface area contributed by atoms with Crippen molar-refractivity contribution < 1.29 is 26.6 Å². The monoisotopic (exact) mass is 410 g/mol. The van der Waals surface area contributed by atoms with Gasteiger partial charge in [-0.15, -0.1) is 0 Å². The smallest absolute Gasteiger partial charge is 0.495 e. The van der Waals surface area contributed by atoms with Crippen LogP contribution in [-0.2, 0) is 26.6 Å². The minimum Gasteiger partial charge on any atom is -0.495 e. The van der Waals surface area contributed by atoms with Gasteiger partial charge in [0.2, 0.25) is 0 Å². The standard InChI is InChI=1S/C16H38O6Si3/c1-10-12-13-20-16(11-2)21-24(8,9)22-23(6,7)14-15-25(17-3,18-4)19-5/h11H,10,12-15H2,1-9H3. The Morgan fingerprint density at radius 3 is 1.92 bits per heavy atom. The normalized spacial score (nSPS) is 13.9. The number of hydrogen-bond acceptors (Lipinski definition) is 6. The molecule has 0 atom stereocenters. The van der Waals surface area contributed by atoms with E-state index in [1.807, 2.05) is 13.0 Å². The van der Waals surface area contributed by atoms with E-state index >= 15 is 0 Å². The number of allylic oxidation sites excluding steroid dienone is 1. The van der Waals surface area contributed by atoms with E-state index < -0.39 is 25.7 Å². The maximum absolute atomic E-state index is 6.48. The van der Waals surface area contributed by atoms with Gasteiger partial charge in [0.05, 0.1) is 6.61 Å². The lowest BCUT2D eigenvalue weighted by Gasteiger charge is -2.35. The van der Waals surface area contributed by atoms with E-state index in [1.54, 1.807) is 21.3 Å². The lowest BCUT2D eigenvalue weighted by atomic mass is 10.4. The van der Waals surface area contributed by atoms with Gasteiger partial charge in [-0.2, -0.15) is 0 Å². The molecule has 0 aromatic heterocycles. The topological polar surface area (TPSA) is 55.4 Å². The summed E-state index contributed by atoms with van der Waals surface area (Å²) < 4.78 is 34.8. The van der Waals surface area contributed by atoms with Gasteiger partial charge in [-0.25, -0.2) is 0 Å². The van der Waals surface area contributed by atoms with Crippen LogP contribution in [0.1, 0.15) is 26.7 Å². The van der Waals surface area contributed by atoms with E-state index in [0.29, 0.717) is 12.6 Å². The van der Waals surface area contributed by atoms with Crippen molar-refractivity contribution in [2.45, 2.75) is 65.0 Å². The van der Waals surface area contributed by atoms with Crippen molar-refractivity contribution in [1.29, 1.82) is 0 Å². The van der Waals surface area contributed by atoms with Crippen LogP contribution in [0.3, 0.4) is 0 Å². The van der Waals surface area contributed by atoms with Gasteiger partial charge in [0.1, 0.15) is 0 Å². The quantitative estimate of drug-likeness (QED) is 0.239. The van der Waals surface area contributed by atoms with E-state index in [0.717, 1.165) is 24.9 Å². The molecule has 25 heavy (non-hydrogen) atoms. The first-order valence-electron chi connectivity index (χ1n) is 8.93. The maximum atomic E-state index is 6.48. The molecule has 0 heterocycles. The number of rotatable bonds is 14. The van der Waals surface area contributed by atoms with Crippen molar-refractivity contribution in [3.05, 3.63) is 12.0 Å². The zero-order chi connectivity index (χ0) is 19.6. The second-order valence-electron chi connectivity index (χ2n) is 6.97. The minimum atomic E-state index is -2.57. The first kappa shape index (κ1) is 24.8. The molecular formula is C16H38O6Si3. The van der Waals surface area contributed by atoms with Gasteiger partial charge in [-0.1, -0.05) is 13.3 Å². The van der Waals surface area contributed by atoms with Crippen LogP contribution in [0.5, 0.6) is 0 Å². The highest BCUT2D eigenvalue weighted by molar-refractivity contribution is 6.83. The first-order chi connectivity index (χ1) is 11.6. The molecule has 6 nitrogen and oxygen atoms in total. The predicted octanol–water partition coefficient (Wildman–Crippen LogP) is 4.48. The van der Waals surface area contributed by atoms with Gasteiger partial charge in [0, 0.05) is 27.4 Å². The third-order valence-corrected chi connectivity index (χ3v) is 13.4. The summed E-state index contributed by atoms with van der Waals surface area (Å²) in [5.74, 6) is 0.573. The van der Waals surface area contributed by atoms with Gasteiger partial charge in [0.15, 0.2) is 8.32 Å². The third kappa shape index (κ3) is 9.92. The Morgan fingerprint density at radius 1 is 0.920 bits per heavy atom. The molecule has 0 amide bonds. The minimum absolute atomic E-state index is 0.573. The summed E-state index contributed by atoms with van der Waals surface area (Å²) in [7, 11) is -1.96. The molecule has 0 aliphatic rings. The molecule has 0 aromatic carbocycles. The van der Waals surface area contributed by atoms with Crippen LogP contribution in [-0.4, -0.2) is 53.6 Å². The van der Waals surface area contributed by atoms with Crippen molar-refractivity contribution in [2.75, 3.05) is 27.9 Å². The van der Waals surface area contributed by atoms with Crippen LogP contribution in [0.4, 0.5) is 0 Å². The molecule has 0 saturated heterocycles. The van der Waals surface area contributed by atoms with Crippen molar-refractivity contribution >= 4 is 25.7 Å². The number of unbranched alkanes of at least 4 members (excludes halogenated alkanes) is 1. The van der Waals surface area contributed by atoms with Crippen molar-refractivity contribution in [3.8, 4) is 0 Å². The maximum Gasteiger partial charge on any atom is 0.499 e. The van der Waals surface area contributed by atoms with Crippen molar-refractivity contribution in [2.24, 2.45) is 0 Å². The highest BCUT2D eigenvalue weighted by atomic mass is 28.4. The molecule has 150 valence electrons.